The van der Waals surface area contributed by atoms with E-state index < -0.39 is 5.54 Å². The van der Waals surface area contributed by atoms with Crippen molar-refractivity contribution in [2.45, 2.75) is 63.7 Å². The third-order valence-corrected chi connectivity index (χ3v) is 7.92. The van der Waals surface area contributed by atoms with Crippen LogP contribution in [0.25, 0.3) is 10.2 Å². The highest BCUT2D eigenvalue weighted by molar-refractivity contribution is 7.16. The van der Waals surface area contributed by atoms with Crippen molar-refractivity contribution in [1.29, 1.82) is 0 Å². The molecule has 7 heteroatoms. The van der Waals surface area contributed by atoms with Gasteiger partial charge in [0, 0.05) is 23.0 Å². The van der Waals surface area contributed by atoms with Gasteiger partial charge in [-0.3, -0.25) is 9.59 Å². The van der Waals surface area contributed by atoms with Crippen LogP contribution in [-0.2, 0) is 17.9 Å². The van der Waals surface area contributed by atoms with Gasteiger partial charge in [0.2, 0.25) is 5.91 Å². The van der Waals surface area contributed by atoms with Gasteiger partial charge < -0.3 is 14.8 Å². The van der Waals surface area contributed by atoms with E-state index in [9.17, 15) is 9.59 Å². The van der Waals surface area contributed by atoms with E-state index in [2.05, 4.69) is 5.32 Å². The van der Waals surface area contributed by atoms with Crippen LogP contribution < -0.4 is 5.32 Å². The van der Waals surface area contributed by atoms with Crippen LogP contribution in [0, 0.1) is 0 Å². The van der Waals surface area contributed by atoms with E-state index in [1.165, 1.54) is 6.42 Å². The molecule has 31 heavy (non-hydrogen) atoms. The minimum Gasteiger partial charge on any atom is -0.351 e. The Labute approximate surface area is 191 Å². The second-order valence-electron chi connectivity index (χ2n) is 8.90. The van der Waals surface area contributed by atoms with E-state index in [0.29, 0.717) is 23.8 Å². The minimum absolute atomic E-state index is 0.0641. The molecule has 2 aromatic heterocycles. The lowest BCUT2D eigenvalue weighted by Crippen LogP contribution is -2.64. The highest BCUT2D eigenvalue weighted by Crippen LogP contribution is 2.35. The van der Waals surface area contributed by atoms with Crippen LogP contribution in [0.2, 0.25) is 5.02 Å². The molecule has 3 aromatic rings. The van der Waals surface area contributed by atoms with E-state index in [4.69, 9.17) is 11.6 Å². The summed E-state index contributed by atoms with van der Waals surface area (Å²) in [6.45, 7) is 2.72. The highest BCUT2D eigenvalue weighted by Gasteiger charge is 2.48. The summed E-state index contributed by atoms with van der Waals surface area (Å²) < 4.78 is 2.03. The molecule has 0 radical (unpaired) electrons. The normalized spacial score (nSPS) is 22.0. The molecule has 1 aliphatic heterocycles. The molecule has 1 fully saturated rings. The minimum atomic E-state index is -0.975. The number of fused-ring (bicyclic) bond motifs is 3. The van der Waals surface area contributed by atoms with E-state index in [1.54, 1.807) is 16.2 Å². The second kappa shape index (κ2) is 7.99. The molecule has 0 bridgehead atoms. The Morgan fingerprint density at radius 1 is 1.19 bits per heavy atom. The number of carbonyl (C=O) groups is 2. The maximum atomic E-state index is 13.7. The first-order chi connectivity index (χ1) is 15.0. The van der Waals surface area contributed by atoms with Crippen LogP contribution in [-0.4, -0.2) is 32.9 Å². The van der Waals surface area contributed by atoms with Crippen LogP contribution in [0.1, 0.15) is 55.1 Å². The molecule has 5 rings (SSSR count). The number of hydrogen-bond donors (Lipinski definition) is 1. The summed E-state index contributed by atoms with van der Waals surface area (Å²) >= 11 is 7.66. The van der Waals surface area contributed by atoms with Crippen molar-refractivity contribution in [3.8, 4) is 0 Å². The van der Waals surface area contributed by atoms with Crippen molar-refractivity contribution in [3.05, 3.63) is 58.1 Å². The summed E-state index contributed by atoms with van der Waals surface area (Å²) in [5.74, 6) is -0.170. The predicted molar refractivity (Wildman–Crippen MR) is 125 cm³/mol. The zero-order valence-electron chi connectivity index (χ0n) is 17.6. The number of nitrogens with one attached hydrogen (secondary N) is 1. The van der Waals surface area contributed by atoms with E-state index in [0.717, 1.165) is 41.5 Å². The smallest absolute Gasteiger partial charge is 0.271 e. The summed E-state index contributed by atoms with van der Waals surface area (Å²) in [5, 5.41) is 7.01. The van der Waals surface area contributed by atoms with Crippen molar-refractivity contribution in [2.75, 3.05) is 0 Å². The Morgan fingerprint density at radius 3 is 2.68 bits per heavy atom. The average molecular weight is 456 g/mol. The number of benzene rings is 1. The molecule has 0 saturated heterocycles. The molecule has 162 valence electrons. The van der Waals surface area contributed by atoms with Gasteiger partial charge in [-0.25, -0.2) is 0 Å². The monoisotopic (exact) mass is 455 g/mol. The molecule has 2 amide bonds. The molecule has 1 saturated carbocycles. The molecule has 0 spiro atoms. The average Bonchev–Trinajstić information content (AvgIpc) is 3.36. The number of hydrogen-bond acceptors (Lipinski definition) is 3. The maximum Gasteiger partial charge on any atom is 0.271 e. The number of thiophene rings is 1. The Bertz CT molecular complexity index is 1130. The molecule has 2 aliphatic rings. The van der Waals surface area contributed by atoms with Crippen LogP contribution in [0.3, 0.4) is 0 Å². The fourth-order valence-electron chi connectivity index (χ4n) is 4.87. The molecule has 3 heterocycles. The number of amides is 2. The lowest BCUT2D eigenvalue weighted by atomic mass is 9.91. The van der Waals surface area contributed by atoms with Gasteiger partial charge in [0.25, 0.3) is 5.91 Å². The third-order valence-electron chi connectivity index (χ3n) is 6.71. The van der Waals surface area contributed by atoms with Crippen LogP contribution in [0.15, 0.2) is 41.8 Å². The molecular formula is C24H26ClN3O2S. The number of halogens is 1. The molecule has 1 aliphatic carbocycles. The summed E-state index contributed by atoms with van der Waals surface area (Å²) in [5.41, 5.74) is 0.631. The zero-order chi connectivity index (χ0) is 21.6. The molecule has 1 atom stereocenters. The highest BCUT2D eigenvalue weighted by atomic mass is 35.5. The summed E-state index contributed by atoms with van der Waals surface area (Å²) in [7, 11) is 0. The fourth-order valence-corrected chi connectivity index (χ4v) is 5.89. The number of rotatable bonds is 4. The van der Waals surface area contributed by atoms with Gasteiger partial charge >= 0.3 is 0 Å². The first kappa shape index (κ1) is 20.6. The zero-order valence-corrected chi connectivity index (χ0v) is 19.1. The number of carbonyl (C=O) groups excluding carboxylic acids is 2. The molecular weight excluding hydrogens is 430 g/mol. The molecule has 0 unspecified atom stereocenters. The Morgan fingerprint density at radius 2 is 1.94 bits per heavy atom. The largest absolute Gasteiger partial charge is 0.351 e. The van der Waals surface area contributed by atoms with Gasteiger partial charge in [-0.05, 0) is 55.0 Å². The Hall–Kier alpha value is -2.31. The van der Waals surface area contributed by atoms with E-state index in [-0.39, 0.29) is 17.9 Å². The second-order valence-corrected chi connectivity index (χ2v) is 10.2. The van der Waals surface area contributed by atoms with Gasteiger partial charge in [0.15, 0.2) is 0 Å². The number of nitrogens with zero attached hydrogens (tertiary/aromatic N) is 2. The van der Waals surface area contributed by atoms with Gasteiger partial charge in [-0.15, -0.1) is 11.3 Å². The van der Waals surface area contributed by atoms with E-state index in [1.807, 2.05) is 53.3 Å². The van der Waals surface area contributed by atoms with Crippen molar-refractivity contribution >= 4 is 45.0 Å². The van der Waals surface area contributed by atoms with Crippen LogP contribution in [0.5, 0.6) is 0 Å². The SMILES string of the molecule is C[C@]1(C(=O)NC2CCCCC2)Cn2c(cc3ccsc32)C(=O)N1Cc1ccc(Cl)cc1. The van der Waals surface area contributed by atoms with Crippen LogP contribution >= 0.6 is 22.9 Å². The molecule has 5 nitrogen and oxygen atoms in total. The van der Waals surface area contributed by atoms with E-state index >= 15 is 0 Å². The Kier molecular flexibility index (Phi) is 5.30. The predicted octanol–water partition coefficient (Wildman–Crippen LogP) is 5.22. The van der Waals surface area contributed by atoms with Crippen molar-refractivity contribution in [2.24, 2.45) is 0 Å². The lowest BCUT2D eigenvalue weighted by Gasteiger charge is -2.44. The summed E-state index contributed by atoms with van der Waals surface area (Å²) in [4.78, 5) is 30.1. The first-order valence-electron chi connectivity index (χ1n) is 10.9. The maximum absolute atomic E-state index is 13.7. The third kappa shape index (κ3) is 3.66. The van der Waals surface area contributed by atoms with Gasteiger partial charge in [-0.1, -0.05) is 43.0 Å². The van der Waals surface area contributed by atoms with Gasteiger partial charge in [0.05, 0.1) is 6.54 Å². The van der Waals surface area contributed by atoms with Gasteiger partial charge in [0.1, 0.15) is 16.1 Å². The Balaban J connectivity index is 1.52. The first-order valence-corrected chi connectivity index (χ1v) is 12.2. The number of aromatic nitrogens is 1. The molecule has 1 N–H and O–H groups in total. The summed E-state index contributed by atoms with van der Waals surface area (Å²) in [6, 6.07) is 11.6. The molecule has 1 aromatic carbocycles. The fraction of sp³-hybridized carbons (Fsp3) is 0.417. The van der Waals surface area contributed by atoms with Crippen LogP contribution in [0.4, 0.5) is 0 Å². The van der Waals surface area contributed by atoms with Crippen molar-refractivity contribution < 1.29 is 9.59 Å². The quantitative estimate of drug-likeness (QED) is 0.586. The summed E-state index contributed by atoms with van der Waals surface area (Å²) in [6.07, 6.45) is 5.54. The van der Waals surface area contributed by atoms with Crippen molar-refractivity contribution in [1.82, 2.24) is 14.8 Å². The standard InChI is InChI=1S/C24H26ClN3O2S/c1-24(23(30)26-19-5-3-2-4-6-19)15-27-20(13-17-11-12-31-22(17)27)21(29)28(24)14-16-7-9-18(25)10-8-16/h7-13,19H,2-6,14-15H2,1H3,(H,26,30)/t24-/m1/s1. The van der Waals surface area contributed by atoms with Crippen molar-refractivity contribution in [3.63, 3.8) is 0 Å². The lowest BCUT2D eigenvalue weighted by molar-refractivity contribution is -0.134. The topological polar surface area (TPSA) is 54.3 Å². The van der Waals surface area contributed by atoms with Gasteiger partial charge in [-0.2, -0.15) is 0 Å².